The fraction of sp³-hybridized carbons (Fsp3) is 0.500. The number of aryl methyl sites for hydroxylation is 1. The van der Waals surface area contributed by atoms with Gasteiger partial charge in [0.15, 0.2) is 0 Å². The van der Waals surface area contributed by atoms with E-state index in [1.807, 2.05) is 23.1 Å². The largest absolute Gasteiger partial charge is 0.490 e. The van der Waals surface area contributed by atoms with E-state index in [-0.39, 0.29) is 12.0 Å². The summed E-state index contributed by atoms with van der Waals surface area (Å²) >= 11 is 0. The smallest absolute Gasteiger partial charge is 0.219 e. The van der Waals surface area contributed by atoms with Gasteiger partial charge in [-0.15, -0.1) is 0 Å². The zero-order chi connectivity index (χ0) is 19.9. The first-order valence-electron chi connectivity index (χ1n) is 10.4. The Morgan fingerprint density at radius 3 is 2.75 bits per heavy atom. The van der Waals surface area contributed by atoms with Crippen molar-refractivity contribution in [3.63, 3.8) is 0 Å². The van der Waals surface area contributed by atoms with Crippen LogP contribution in [0.2, 0.25) is 0 Å². The topological polar surface area (TPSA) is 42.4 Å². The lowest BCUT2D eigenvalue weighted by molar-refractivity contribution is -0.130. The molecule has 0 spiro atoms. The lowest BCUT2D eigenvalue weighted by atomic mass is 9.79. The zero-order valence-electron chi connectivity index (χ0n) is 17.3. The quantitative estimate of drug-likeness (QED) is 0.678. The van der Waals surface area contributed by atoms with Crippen LogP contribution in [0.15, 0.2) is 48.8 Å². The molecule has 1 amide bonds. The summed E-state index contributed by atoms with van der Waals surface area (Å²) < 4.78 is 6.28. The minimum atomic E-state index is 0.132. The lowest BCUT2D eigenvalue weighted by Crippen LogP contribution is -2.37. The third-order valence-electron chi connectivity index (χ3n) is 5.84. The number of nitrogens with zero attached hydrogens (tertiary/aromatic N) is 2. The van der Waals surface area contributed by atoms with E-state index >= 15 is 0 Å². The maximum atomic E-state index is 12.2. The molecule has 4 nitrogen and oxygen atoms in total. The van der Waals surface area contributed by atoms with Gasteiger partial charge in [-0.25, -0.2) is 0 Å². The van der Waals surface area contributed by atoms with Crippen LogP contribution in [0, 0.1) is 18.8 Å². The number of ether oxygens (including phenoxy) is 1. The van der Waals surface area contributed by atoms with Crippen molar-refractivity contribution < 1.29 is 9.53 Å². The average molecular weight is 381 g/mol. The molecule has 1 saturated carbocycles. The molecular weight excluding hydrogens is 348 g/mol. The first kappa shape index (κ1) is 20.4. The molecule has 0 N–H and O–H groups in total. The van der Waals surface area contributed by atoms with E-state index in [0.29, 0.717) is 18.4 Å². The van der Waals surface area contributed by atoms with E-state index in [4.69, 9.17) is 4.74 Å². The summed E-state index contributed by atoms with van der Waals surface area (Å²) in [5, 5.41) is 0. The SMILES string of the molecule is CC(=O)N(Cc1ccncc1)CC(C)C1CCC[C@@H](Oc2cccc(C)c2)C1. The van der Waals surface area contributed by atoms with Crippen LogP contribution in [0.5, 0.6) is 5.75 Å². The highest BCUT2D eigenvalue weighted by Crippen LogP contribution is 2.33. The van der Waals surface area contributed by atoms with Gasteiger partial charge in [0.05, 0.1) is 6.10 Å². The molecule has 28 heavy (non-hydrogen) atoms. The molecule has 0 saturated heterocycles. The fourth-order valence-corrected chi connectivity index (χ4v) is 4.20. The Labute approximate surface area is 168 Å². The number of amides is 1. The highest BCUT2D eigenvalue weighted by atomic mass is 16.5. The third kappa shape index (κ3) is 5.82. The molecular formula is C24H32N2O2. The van der Waals surface area contributed by atoms with Crippen molar-refractivity contribution in [2.24, 2.45) is 11.8 Å². The van der Waals surface area contributed by atoms with Crippen LogP contribution in [0.4, 0.5) is 0 Å². The van der Waals surface area contributed by atoms with Crippen LogP contribution in [-0.4, -0.2) is 28.4 Å². The molecule has 2 aromatic rings. The van der Waals surface area contributed by atoms with Gasteiger partial charge in [0.1, 0.15) is 5.75 Å². The first-order valence-corrected chi connectivity index (χ1v) is 10.4. The molecule has 2 unspecified atom stereocenters. The highest BCUT2D eigenvalue weighted by Gasteiger charge is 2.29. The van der Waals surface area contributed by atoms with Gasteiger partial charge >= 0.3 is 0 Å². The second-order valence-electron chi connectivity index (χ2n) is 8.22. The first-order chi connectivity index (χ1) is 13.5. The van der Waals surface area contributed by atoms with Gasteiger partial charge in [0.25, 0.3) is 0 Å². The molecule has 150 valence electrons. The van der Waals surface area contributed by atoms with Crippen molar-refractivity contribution in [1.82, 2.24) is 9.88 Å². The normalized spacial score (nSPS) is 20.4. The number of carbonyl (C=O) groups excluding carboxylic acids is 1. The summed E-state index contributed by atoms with van der Waals surface area (Å²) in [7, 11) is 0. The summed E-state index contributed by atoms with van der Waals surface area (Å²) in [5.74, 6) is 2.14. The Hall–Kier alpha value is -2.36. The van der Waals surface area contributed by atoms with Gasteiger partial charge < -0.3 is 9.64 Å². The summed E-state index contributed by atoms with van der Waals surface area (Å²) in [6, 6.07) is 12.3. The monoisotopic (exact) mass is 380 g/mol. The second kappa shape index (κ2) is 9.72. The van der Waals surface area contributed by atoms with Crippen molar-refractivity contribution in [2.75, 3.05) is 6.54 Å². The van der Waals surface area contributed by atoms with E-state index in [2.05, 4.69) is 37.0 Å². The Kier molecular flexibility index (Phi) is 7.07. The molecule has 0 aliphatic heterocycles. The summed E-state index contributed by atoms with van der Waals surface area (Å²) in [6.45, 7) is 7.48. The van der Waals surface area contributed by atoms with Gasteiger partial charge in [-0.05, 0) is 79.8 Å². The molecule has 1 aliphatic carbocycles. The Balaban J connectivity index is 1.57. The van der Waals surface area contributed by atoms with Crippen molar-refractivity contribution in [2.45, 2.75) is 59.1 Å². The standard InChI is InChI=1S/C24H32N2O2/c1-18-6-4-8-23(14-18)28-24-9-5-7-22(15-24)19(2)16-26(20(3)27)17-21-10-12-25-13-11-21/h4,6,8,10-14,19,22,24H,5,7,9,15-17H2,1-3H3/t19?,22?,24-/m1/s1. The van der Waals surface area contributed by atoms with Crippen molar-refractivity contribution >= 4 is 5.91 Å². The van der Waals surface area contributed by atoms with Gasteiger partial charge in [-0.1, -0.05) is 19.1 Å². The molecule has 1 aliphatic rings. The number of benzene rings is 1. The summed E-state index contributed by atoms with van der Waals surface area (Å²) in [6.07, 6.45) is 8.43. The van der Waals surface area contributed by atoms with E-state index in [1.54, 1.807) is 19.3 Å². The molecule has 1 heterocycles. The van der Waals surface area contributed by atoms with Crippen molar-refractivity contribution in [1.29, 1.82) is 0 Å². The number of hydrogen-bond donors (Lipinski definition) is 0. The maximum Gasteiger partial charge on any atom is 0.219 e. The van der Waals surface area contributed by atoms with Crippen LogP contribution in [-0.2, 0) is 11.3 Å². The fourth-order valence-electron chi connectivity index (χ4n) is 4.20. The Morgan fingerprint density at radius 2 is 2.04 bits per heavy atom. The number of pyridine rings is 1. The van der Waals surface area contributed by atoms with Crippen molar-refractivity contribution in [3.05, 3.63) is 59.9 Å². The minimum absolute atomic E-state index is 0.132. The number of carbonyl (C=O) groups is 1. The van der Waals surface area contributed by atoms with Gasteiger partial charge in [0.2, 0.25) is 5.91 Å². The number of rotatable bonds is 7. The van der Waals surface area contributed by atoms with Crippen LogP contribution in [0.25, 0.3) is 0 Å². The van der Waals surface area contributed by atoms with Crippen LogP contribution in [0.1, 0.15) is 50.7 Å². The molecule has 0 bridgehead atoms. The highest BCUT2D eigenvalue weighted by molar-refractivity contribution is 5.73. The molecule has 1 aromatic carbocycles. The molecule has 0 radical (unpaired) electrons. The number of hydrogen-bond acceptors (Lipinski definition) is 3. The molecule has 1 fully saturated rings. The average Bonchev–Trinajstić information content (AvgIpc) is 2.68. The van der Waals surface area contributed by atoms with E-state index in [9.17, 15) is 4.79 Å². The van der Waals surface area contributed by atoms with Gasteiger partial charge in [-0.2, -0.15) is 0 Å². The zero-order valence-corrected chi connectivity index (χ0v) is 17.3. The minimum Gasteiger partial charge on any atom is -0.490 e. The van der Waals surface area contributed by atoms with E-state index < -0.39 is 0 Å². The molecule has 4 heteroatoms. The summed E-state index contributed by atoms with van der Waals surface area (Å²) in [4.78, 5) is 18.2. The molecule has 3 rings (SSSR count). The predicted molar refractivity (Wildman–Crippen MR) is 112 cm³/mol. The van der Waals surface area contributed by atoms with Crippen molar-refractivity contribution in [3.8, 4) is 5.75 Å². The summed E-state index contributed by atoms with van der Waals surface area (Å²) in [5.41, 5.74) is 2.35. The van der Waals surface area contributed by atoms with Crippen LogP contribution < -0.4 is 4.74 Å². The Morgan fingerprint density at radius 1 is 1.25 bits per heavy atom. The predicted octanol–water partition coefficient (Wildman–Crippen LogP) is 5.01. The third-order valence-corrected chi connectivity index (χ3v) is 5.84. The Bertz CT molecular complexity index is 762. The van der Waals surface area contributed by atoms with Gasteiger partial charge in [0, 0.05) is 32.4 Å². The molecule has 1 aromatic heterocycles. The lowest BCUT2D eigenvalue weighted by Gasteiger charge is -2.35. The van der Waals surface area contributed by atoms with Crippen LogP contribution >= 0.6 is 0 Å². The van der Waals surface area contributed by atoms with E-state index in [0.717, 1.165) is 30.7 Å². The van der Waals surface area contributed by atoms with Gasteiger partial charge in [-0.3, -0.25) is 9.78 Å². The number of aromatic nitrogens is 1. The van der Waals surface area contributed by atoms with E-state index in [1.165, 1.54) is 18.4 Å². The second-order valence-corrected chi connectivity index (χ2v) is 8.22. The van der Waals surface area contributed by atoms with Crippen LogP contribution in [0.3, 0.4) is 0 Å². The maximum absolute atomic E-state index is 12.2. The molecule has 3 atom stereocenters.